The second kappa shape index (κ2) is 5.86. The van der Waals surface area contributed by atoms with Crippen molar-refractivity contribution < 1.29 is 8.42 Å². The van der Waals surface area contributed by atoms with Gasteiger partial charge in [-0.25, -0.2) is 18.2 Å². The molecule has 2 N–H and O–H groups in total. The summed E-state index contributed by atoms with van der Waals surface area (Å²) in [6.07, 6.45) is 0.721. The molecule has 0 fully saturated rings. The van der Waals surface area contributed by atoms with Crippen LogP contribution in [0.4, 0.5) is 0 Å². The molecule has 108 valence electrons. The molecule has 8 heteroatoms. The van der Waals surface area contributed by atoms with Gasteiger partial charge in [0, 0.05) is 23.1 Å². The lowest BCUT2D eigenvalue weighted by Crippen LogP contribution is -2.31. The normalized spacial score (nSPS) is 13.3. The summed E-state index contributed by atoms with van der Waals surface area (Å²) in [4.78, 5) is 11.0. The van der Waals surface area contributed by atoms with Crippen LogP contribution in [0.3, 0.4) is 0 Å². The highest BCUT2D eigenvalue weighted by Crippen LogP contribution is 2.26. The van der Waals surface area contributed by atoms with E-state index < -0.39 is 10.0 Å². The molecule has 0 amide bonds. The molecule has 1 atom stereocenters. The second-order valence-corrected chi connectivity index (χ2v) is 7.24. The van der Waals surface area contributed by atoms with E-state index in [2.05, 4.69) is 14.9 Å². The Kier molecular flexibility index (Phi) is 4.36. The van der Waals surface area contributed by atoms with E-state index in [4.69, 9.17) is 0 Å². The van der Waals surface area contributed by atoms with E-state index in [1.165, 1.54) is 6.07 Å². The molecule has 0 radical (unpaired) electrons. The molecule has 0 aromatic carbocycles. The first-order valence-electron chi connectivity index (χ1n) is 6.09. The highest BCUT2D eigenvalue weighted by Gasteiger charge is 2.19. The zero-order chi connectivity index (χ0) is 14.8. The van der Waals surface area contributed by atoms with Crippen molar-refractivity contribution in [1.82, 2.24) is 14.9 Å². The molecule has 6 nitrogen and oxygen atoms in total. The fraction of sp³-hybridized carbons (Fsp3) is 0.333. The molecule has 20 heavy (non-hydrogen) atoms. The highest BCUT2D eigenvalue weighted by atomic mass is 32.2. The number of sulfonamides is 1. The quantitative estimate of drug-likeness (QED) is 0.876. The van der Waals surface area contributed by atoms with Gasteiger partial charge in [-0.3, -0.25) is 4.79 Å². The lowest BCUT2D eigenvalue weighted by atomic mass is 10.2. The average molecular weight is 313 g/mol. The van der Waals surface area contributed by atoms with Gasteiger partial charge < -0.3 is 0 Å². The van der Waals surface area contributed by atoms with Crippen molar-refractivity contribution in [2.75, 3.05) is 0 Å². The van der Waals surface area contributed by atoms with Crippen molar-refractivity contribution in [3.05, 3.63) is 33.9 Å². The number of aromatic nitrogens is 2. The van der Waals surface area contributed by atoms with Crippen LogP contribution in [0.2, 0.25) is 0 Å². The Balaban J connectivity index is 2.29. The highest BCUT2D eigenvalue weighted by molar-refractivity contribution is 7.91. The Hall–Kier alpha value is -1.51. The van der Waals surface area contributed by atoms with Gasteiger partial charge in [-0.15, -0.1) is 11.3 Å². The SMILES string of the molecule is CCC(C)NS(=O)(=O)c1cc(-c2ccc(=O)[nH]n2)cs1. The van der Waals surface area contributed by atoms with Gasteiger partial charge >= 0.3 is 0 Å². The molecule has 2 aromatic heterocycles. The number of nitrogens with one attached hydrogen (secondary N) is 2. The largest absolute Gasteiger partial charge is 0.268 e. The van der Waals surface area contributed by atoms with E-state index >= 15 is 0 Å². The van der Waals surface area contributed by atoms with Gasteiger partial charge in [0.25, 0.3) is 5.56 Å². The van der Waals surface area contributed by atoms with Crippen molar-refractivity contribution in [3.63, 3.8) is 0 Å². The minimum Gasteiger partial charge on any atom is -0.268 e. The third-order valence-corrected chi connectivity index (χ3v) is 5.81. The van der Waals surface area contributed by atoms with E-state index in [0.717, 1.165) is 17.8 Å². The standard InChI is InChI=1S/C12H15N3O3S2/c1-3-8(2)15-20(17,18)12-6-9(7-19-12)10-4-5-11(16)14-13-10/h4-8,15H,3H2,1-2H3,(H,14,16). The minimum atomic E-state index is -3.50. The second-order valence-electron chi connectivity index (χ2n) is 4.39. The van der Waals surface area contributed by atoms with Gasteiger partial charge in [0.15, 0.2) is 0 Å². The number of rotatable bonds is 5. The molecule has 2 aromatic rings. The summed E-state index contributed by atoms with van der Waals surface area (Å²) < 4.78 is 27.1. The average Bonchev–Trinajstić information content (AvgIpc) is 2.89. The topological polar surface area (TPSA) is 91.9 Å². The smallest absolute Gasteiger partial charge is 0.264 e. The molecule has 1 unspecified atom stereocenters. The Morgan fingerprint density at radius 1 is 1.45 bits per heavy atom. The van der Waals surface area contributed by atoms with E-state index in [1.807, 2.05) is 13.8 Å². The summed E-state index contributed by atoms with van der Waals surface area (Å²) in [6, 6.07) is 4.35. The zero-order valence-electron chi connectivity index (χ0n) is 11.1. The van der Waals surface area contributed by atoms with E-state index in [9.17, 15) is 13.2 Å². The summed E-state index contributed by atoms with van der Waals surface area (Å²) in [5, 5.41) is 7.90. The minimum absolute atomic E-state index is 0.114. The fourth-order valence-electron chi connectivity index (χ4n) is 1.50. The van der Waals surface area contributed by atoms with Crippen LogP contribution in [0.5, 0.6) is 0 Å². The van der Waals surface area contributed by atoms with Crippen LogP contribution in [-0.4, -0.2) is 24.7 Å². The van der Waals surface area contributed by atoms with E-state index in [1.54, 1.807) is 17.5 Å². The lowest BCUT2D eigenvalue weighted by molar-refractivity contribution is 0.558. The molecule has 2 heterocycles. The predicted octanol–water partition coefficient (Wildman–Crippen LogP) is 1.58. The predicted molar refractivity (Wildman–Crippen MR) is 78.2 cm³/mol. The monoisotopic (exact) mass is 313 g/mol. The van der Waals surface area contributed by atoms with Gasteiger partial charge in [0.2, 0.25) is 10.0 Å². The molecule has 0 aliphatic rings. The van der Waals surface area contributed by atoms with Crippen LogP contribution in [0, 0.1) is 0 Å². The van der Waals surface area contributed by atoms with Gasteiger partial charge in [0.05, 0.1) is 5.69 Å². The van der Waals surface area contributed by atoms with Crippen molar-refractivity contribution in [1.29, 1.82) is 0 Å². The van der Waals surface area contributed by atoms with Crippen LogP contribution in [0.15, 0.2) is 32.6 Å². The molecular formula is C12H15N3O3S2. The molecule has 0 saturated heterocycles. The van der Waals surface area contributed by atoms with Gasteiger partial charge in [-0.2, -0.15) is 5.10 Å². The molecule has 0 saturated carbocycles. The first-order chi connectivity index (χ1) is 9.42. The summed E-state index contributed by atoms with van der Waals surface area (Å²) in [7, 11) is -3.50. The number of hydrogen-bond donors (Lipinski definition) is 2. The summed E-state index contributed by atoms with van der Waals surface area (Å²) in [6.45, 7) is 3.73. The summed E-state index contributed by atoms with van der Waals surface area (Å²) in [5.41, 5.74) is 0.900. The van der Waals surface area contributed by atoms with Crippen LogP contribution in [0.25, 0.3) is 11.3 Å². The van der Waals surface area contributed by atoms with E-state index in [0.29, 0.717) is 11.3 Å². The molecule has 0 aliphatic carbocycles. The first-order valence-corrected chi connectivity index (χ1v) is 8.45. The fourth-order valence-corrected chi connectivity index (χ4v) is 4.02. The first kappa shape index (κ1) is 14.9. The lowest BCUT2D eigenvalue weighted by Gasteiger charge is -2.10. The molecule has 2 rings (SSSR count). The maximum atomic E-state index is 12.1. The zero-order valence-corrected chi connectivity index (χ0v) is 12.7. The molecular weight excluding hydrogens is 298 g/mol. The van der Waals surface area contributed by atoms with Crippen molar-refractivity contribution in [3.8, 4) is 11.3 Å². The Bertz CT molecular complexity index is 729. The third kappa shape index (κ3) is 3.33. The Labute approximate surface area is 120 Å². The third-order valence-electron chi connectivity index (χ3n) is 2.78. The number of thiophene rings is 1. The maximum absolute atomic E-state index is 12.1. The molecule has 0 aliphatic heterocycles. The van der Waals surface area contributed by atoms with Crippen LogP contribution in [0.1, 0.15) is 20.3 Å². The Morgan fingerprint density at radius 2 is 2.20 bits per heavy atom. The van der Waals surface area contributed by atoms with Crippen molar-refractivity contribution >= 4 is 21.4 Å². The van der Waals surface area contributed by atoms with Crippen LogP contribution < -0.4 is 10.3 Å². The van der Waals surface area contributed by atoms with Crippen LogP contribution in [-0.2, 0) is 10.0 Å². The van der Waals surface area contributed by atoms with Gasteiger partial charge in [-0.05, 0) is 25.5 Å². The van der Waals surface area contributed by atoms with Gasteiger partial charge in [0.1, 0.15) is 4.21 Å². The van der Waals surface area contributed by atoms with Crippen molar-refractivity contribution in [2.45, 2.75) is 30.5 Å². The molecule has 0 bridgehead atoms. The van der Waals surface area contributed by atoms with Crippen molar-refractivity contribution in [2.24, 2.45) is 0 Å². The maximum Gasteiger partial charge on any atom is 0.264 e. The Morgan fingerprint density at radius 3 is 2.80 bits per heavy atom. The summed E-state index contributed by atoms with van der Waals surface area (Å²) >= 11 is 1.13. The van der Waals surface area contributed by atoms with Crippen LogP contribution >= 0.6 is 11.3 Å². The van der Waals surface area contributed by atoms with Gasteiger partial charge in [-0.1, -0.05) is 6.92 Å². The van der Waals surface area contributed by atoms with E-state index in [-0.39, 0.29) is 15.8 Å². The molecule has 0 spiro atoms. The number of aromatic amines is 1. The number of H-pyrrole nitrogens is 1. The number of hydrogen-bond acceptors (Lipinski definition) is 5. The number of nitrogens with zero attached hydrogens (tertiary/aromatic N) is 1. The summed E-state index contributed by atoms with van der Waals surface area (Å²) in [5.74, 6) is 0.